The molecule has 6 nitrogen and oxygen atoms in total. The van der Waals surface area contributed by atoms with E-state index in [1.807, 2.05) is 89.2 Å². The Hall–Kier alpha value is -2.80. The van der Waals surface area contributed by atoms with Gasteiger partial charge in [-0.25, -0.2) is 0 Å². The number of benzene rings is 2. The summed E-state index contributed by atoms with van der Waals surface area (Å²) in [5, 5.41) is 5.81. The maximum atomic E-state index is 13.6. The molecule has 1 saturated heterocycles. The number of nitrogens with zero attached hydrogens (tertiary/aromatic N) is 1. The minimum absolute atomic E-state index is 0.114. The maximum Gasteiger partial charge on any atom is 0.256 e. The Kier molecular flexibility index (Phi) is 6.27. The molecule has 0 aromatic heterocycles. The summed E-state index contributed by atoms with van der Waals surface area (Å²) < 4.78 is -0.493. The highest BCUT2D eigenvalue weighted by Crippen LogP contribution is 2.56. The van der Waals surface area contributed by atoms with Crippen molar-refractivity contribution >= 4 is 29.5 Å². The van der Waals surface area contributed by atoms with Crippen LogP contribution in [0.3, 0.4) is 0 Å². The minimum atomic E-state index is -0.705. The van der Waals surface area contributed by atoms with E-state index in [1.54, 1.807) is 16.7 Å². The standard InChI is InChI=1S/C26H31N3O3S/c1-15(2)20(22(30)27-16(3)17-11-7-6-8-12-17)28-23(31)21-26(4,5)33-25-19-14-10-9-13-18(19)24(32)29(21)25/h6-16,20-21,25H,1-5H3,(H,27,30)(H,28,31). The van der Waals surface area contributed by atoms with Crippen LogP contribution in [0.5, 0.6) is 0 Å². The normalized spacial score (nSPS) is 22.5. The highest BCUT2D eigenvalue weighted by Gasteiger charge is 2.57. The summed E-state index contributed by atoms with van der Waals surface area (Å²) in [6.45, 7) is 9.71. The zero-order chi connectivity index (χ0) is 23.9. The lowest BCUT2D eigenvalue weighted by Gasteiger charge is -2.32. The summed E-state index contributed by atoms with van der Waals surface area (Å²) in [4.78, 5) is 41.6. The van der Waals surface area contributed by atoms with Crippen LogP contribution in [-0.2, 0) is 9.59 Å². The summed E-state index contributed by atoms with van der Waals surface area (Å²) in [5.41, 5.74) is 2.60. The van der Waals surface area contributed by atoms with Crippen molar-refractivity contribution in [2.75, 3.05) is 0 Å². The third kappa shape index (κ3) is 4.26. The van der Waals surface area contributed by atoms with Crippen LogP contribution in [0.2, 0.25) is 0 Å². The monoisotopic (exact) mass is 465 g/mol. The molecular weight excluding hydrogens is 434 g/mol. The van der Waals surface area contributed by atoms with Crippen LogP contribution in [0.4, 0.5) is 0 Å². The summed E-state index contributed by atoms with van der Waals surface area (Å²) >= 11 is 1.62. The summed E-state index contributed by atoms with van der Waals surface area (Å²) in [6, 6.07) is 15.7. The Morgan fingerprint density at radius 1 is 0.970 bits per heavy atom. The number of rotatable bonds is 6. The van der Waals surface area contributed by atoms with Crippen LogP contribution in [0.1, 0.15) is 67.5 Å². The molecule has 4 atom stereocenters. The molecule has 2 aliphatic rings. The Balaban J connectivity index is 1.53. The molecule has 2 heterocycles. The maximum absolute atomic E-state index is 13.6. The number of hydrogen-bond donors (Lipinski definition) is 2. The van der Waals surface area contributed by atoms with E-state index >= 15 is 0 Å². The first-order valence-electron chi connectivity index (χ1n) is 11.4. The molecule has 0 radical (unpaired) electrons. The molecule has 2 aliphatic heterocycles. The van der Waals surface area contributed by atoms with Gasteiger partial charge in [-0.1, -0.05) is 62.4 Å². The van der Waals surface area contributed by atoms with Crippen molar-refractivity contribution in [1.82, 2.24) is 15.5 Å². The zero-order valence-electron chi connectivity index (χ0n) is 19.7. The number of thioether (sulfide) groups is 1. The fourth-order valence-corrected chi connectivity index (χ4v) is 6.29. The number of nitrogens with one attached hydrogen (secondary N) is 2. The summed E-state index contributed by atoms with van der Waals surface area (Å²) in [7, 11) is 0. The van der Waals surface area contributed by atoms with Crippen LogP contribution in [-0.4, -0.2) is 39.5 Å². The molecule has 1 fully saturated rings. The first kappa shape index (κ1) is 23.4. The fourth-order valence-electron chi connectivity index (χ4n) is 4.70. The van der Waals surface area contributed by atoms with Gasteiger partial charge in [0.15, 0.2) is 0 Å². The second-order valence-electron chi connectivity index (χ2n) is 9.65. The Bertz CT molecular complexity index is 1070. The van der Waals surface area contributed by atoms with Crippen molar-refractivity contribution in [3.8, 4) is 0 Å². The van der Waals surface area contributed by atoms with Gasteiger partial charge in [-0.05, 0) is 43.9 Å². The SMILES string of the molecule is CC(NC(=O)C(NC(=O)C1N2C(=O)c3ccccc3C2SC1(C)C)C(C)C)c1ccccc1. The van der Waals surface area contributed by atoms with Crippen molar-refractivity contribution in [3.63, 3.8) is 0 Å². The molecule has 3 amide bonds. The van der Waals surface area contributed by atoms with Crippen LogP contribution < -0.4 is 10.6 Å². The molecule has 0 bridgehead atoms. The lowest BCUT2D eigenvalue weighted by Crippen LogP contribution is -2.58. The van der Waals surface area contributed by atoms with Crippen LogP contribution in [0, 0.1) is 5.92 Å². The van der Waals surface area contributed by atoms with Crippen molar-refractivity contribution in [2.24, 2.45) is 5.92 Å². The Morgan fingerprint density at radius 2 is 1.61 bits per heavy atom. The first-order valence-corrected chi connectivity index (χ1v) is 12.2. The highest BCUT2D eigenvalue weighted by molar-refractivity contribution is 8.01. The predicted molar refractivity (Wildman–Crippen MR) is 131 cm³/mol. The van der Waals surface area contributed by atoms with Gasteiger partial charge < -0.3 is 15.5 Å². The number of amides is 3. The first-order chi connectivity index (χ1) is 15.6. The van der Waals surface area contributed by atoms with Crippen LogP contribution in [0.25, 0.3) is 0 Å². The molecule has 0 aliphatic carbocycles. The van der Waals surface area contributed by atoms with Crippen molar-refractivity contribution in [2.45, 2.75) is 62.9 Å². The van der Waals surface area contributed by atoms with E-state index in [2.05, 4.69) is 10.6 Å². The van der Waals surface area contributed by atoms with Gasteiger partial charge >= 0.3 is 0 Å². The van der Waals surface area contributed by atoms with Crippen molar-refractivity contribution < 1.29 is 14.4 Å². The van der Waals surface area contributed by atoms with Gasteiger partial charge in [0.1, 0.15) is 17.5 Å². The van der Waals surface area contributed by atoms with E-state index in [1.165, 1.54) is 0 Å². The number of carbonyl (C=O) groups excluding carboxylic acids is 3. The van der Waals surface area contributed by atoms with E-state index in [0.29, 0.717) is 5.56 Å². The van der Waals surface area contributed by atoms with Gasteiger partial charge in [-0.2, -0.15) is 0 Å². The van der Waals surface area contributed by atoms with Gasteiger partial charge in [0.25, 0.3) is 5.91 Å². The topological polar surface area (TPSA) is 78.5 Å². The van der Waals surface area contributed by atoms with E-state index in [9.17, 15) is 14.4 Å². The smallest absolute Gasteiger partial charge is 0.256 e. The zero-order valence-corrected chi connectivity index (χ0v) is 20.5. The third-order valence-corrected chi connectivity index (χ3v) is 7.99. The Morgan fingerprint density at radius 3 is 2.27 bits per heavy atom. The van der Waals surface area contributed by atoms with Gasteiger partial charge in [0, 0.05) is 10.3 Å². The lowest BCUT2D eigenvalue weighted by atomic mass is 9.97. The van der Waals surface area contributed by atoms with E-state index < -0.39 is 16.8 Å². The highest BCUT2D eigenvalue weighted by atomic mass is 32.2. The molecule has 174 valence electrons. The van der Waals surface area contributed by atoms with Gasteiger partial charge in [-0.15, -0.1) is 11.8 Å². The molecule has 33 heavy (non-hydrogen) atoms. The van der Waals surface area contributed by atoms with Crippen LogP contribution in [0.15, 0.2) is 54.6 Å². The second kappa shape index (κ2) is 8.86. The third-order valence-electron chi connectivity index (χ3n) is 6.45. The molecular formula is C26H31N3O3S. The fraction of sp³-hybridized carbons (Fsp3) is 0.423. The van der Waals surface area contributed by atoms with E-state index in [-0.39, 0.29) is 35.1 Å². The molecule has 0 spiro atoms. The molecule has 2 N–H and O–H groups in total. The summed E-state index contributed by atoms with van der Waals surface area (Å²) in [5.74, 6) is -0.767. The van der Waals surface area contributed by atoms with E-state index in [0.717, 1.165) is 11.1 Å². The average Bonchev–Trinajstić information content (AvgIpc) is 3.21. The van der Waals surface area contributed by atoms with Gasteiger partial charge in [0.2, 0.25) is 11.8 Å². The second-order valence-corrected chi connectivity index (χ2v) is 11.4. The Labute approximate surface area is 199 Å². The largest absolute Gasteiger partial charge is 0.348 e. The molecule has 7 heteroatoms. The van der Waals surface area contributed by atoms with Gasteiger partial charge in [-0.3, -0.25) is 14.4 Å². The van der Waals surface area contributed by atoms with E-state index in [4.69, 9.17) is 0 Å². The number of fused-ring (bicyclic) bond motifs is 3. The lowest BCUT2D eigenvalue weighted by molar-refractivity contribution is -0.133. The number of carbonyl (C=O) groups is 3. The van der Waals surface area contributed by atoms with Gasteiger partial charge in [0.05, 0.1) is 6.04 Å². The van der Waals surface area contributed by atoms with Crippen molar-refractivity contribution in [1.29, 1.82) is 0 Å². The quantitative estimate of drug-likeness (QED) is 0.675. The van der Waals surface area contributed by atoms with Crippen molar-refractivity contribution in [3.05, 3.63) is 71.3 Å². The predicted octanol–water partition coefficient (Wildman–Crippen LogP) is 4.05. The van der Waals surface area contributed by atoms with Crippen LogP contribution >= 0.6 is 11.8 Å². The summed E-state index contributed by atoms with van der Waals surface area (Å²) in [6.07, 6.45) is 0. The average molecular weight is 466 g/mol. The molecule has 2 aromatic rings. The minimum Gasteiger partial charge on any atom is -0.348 e. The molecule has 2 aromatic carbocycles. The molecule has 4 unspecified atom stereocenters. The molecule has 4 rings (SSSR count). The molecule has 0 saturated carbocycles. The number of hydrogen-bond acceptors (Lipinski definition) is 4.